The van der Waals surface area contributed by atoms with Gasteiger partial charge in [-0.1, -0.05) is 114 Å². The monoisotopic (exact) mass is 985 g/mol. The van der Waals surface area contributed by atoms with Crippen molar-refractivity contribution in [3.63, 3.8) is 0 Å². The van der Waals surface area contributed by atoms with Gasteiger partial charge in [0, 0.05) is 62.5 Å². The van der Waals surface area contributed by atoms with Crippen molar-refractivity contribution in [1.82, 2.24) is 40.9 Å². The normalized spacial score (nSPS) is 17.8. The lowest BCUT2D eigenvalue weighted by Gasteiger charge is -2.37. The molecule has 72 heavy (non-hydrogen) atoms. The Kier molecular flexibility index (Phi) is 18.8. The first-order chi connectivity index (χ1) is 34.2. The number of benzene rings is 4. The average Bonchev–Trinajstić information content (AvgIpc) is 4.05. The number of rotatable bonds is 20. The molecule has 0 spiro atoms. The van der Waals surface area contributed by atoms with Crippen LogP contribution in [0.5, 0.6) is 0 Å². The fourth-order valence-electron chi connectivity index (χ4n) is 9.81. The lowest BCUT2D eigenvalue weighted by atomic mass is 9.85. The van der Waals surface area contributed by atoms with E-state index in [0.717, 1.165) is 47.6 Å². The van der Waals surface area contributed by atoms with E-state index in [-0.39, 0.29) is 47.5 Å². The molecular weight excluding hydrogens is 905 g/mol. The molecule has 0 bridgehead atoms. The van der Waals surface area contributed by atoms with E-state index in [1.165, 1.54) is 0 Å². The molecule has 0 unspecified atom stereocenters. The highest BCUT2D eigenvalue weighted by Crippen LogP contribution is 2.30. The fraction of sp³-hybridized carbons (Fsp3) is 0.517. The molecule has 14 heteroatoms. The molecule has 0 aliphatic carbocycles. The third kappa shape index (κ3) is 14.1. The number of carbonyl (C=O) groups excluding carboxylic acids is 6. The largest absolute Gasteiger partial charge is 0.342 e. The summed E-state index contributed by atoms with van der Waals surface area (Å²) in [6, 6.07) is 28.4. The Balaban J connectivity index is 1.24. The number of likely N-dealkylation sites (tertiary alicyclic amines) is 2. The number of fused-ring (bicyclic) bond motifs is 1. The van der Waals surface area contributed by atoms with Gasteiger partial charge in [-0.3, -0.25) is 28.8 Å². The van der Waals surface area contributed by atoms with Crippen LogP contribution in [0.2, 0.25) is 0 Å². The molecular formula is C58H80N8O6. The molecule has 4 aromatic carbocycles. The zero-order valence-corrected chi connectivity index (χ0v) is 44.4. The van der Waals surface area contributed by atoms with Crippen LogP contribution >= 0.6 is 0 Å². The first-order valence-electron chi connectivity index (χ1n) is 26.0. The summed E-state index contributed by atoms with van der Waals surface area (Å²) < 4.78 is 0. The van der Waals surface area contributed by atoms with E-state index >= 15 is 0 Å². The maximum absolute atomic E-state index is 14.8. The zero-order valence-electron chi connectivity index (χ0n) is 44.4. The number of nitrogens with one attached hydrogen (secondary N) is 4. The minimum Gasteiger partial charge on any atom is -0.342 e. The Morgan fingerprint density at radius 2 is 0.917 bits per heavy atom. The van der Waals surface area contributed by atoms with Crippen molar-refractivity contribution in [2.45, 2.75) is 130 Å². The van der Waals surface area contributed by atoms with Crippen LogP contribution in [0, 0.1) is 10.8 Å². The quantitative estimate of drug-likeness (QED) is 0.0784. The summed E-state index contributed by atoms with van der Waals surface area (Å²) >= 11 is 0. The van der Waals surface area contributed by atoms with Gasteiger partial charge in [0.05, 0.1) is 12.1 Å². The van der Waals surface area contributed by atoms with Crippen LogP contribution in [0.15, 0.2) is 97.1 Å². The SMILES string of the molecule is CN[C@@H](C)C(=O)N[C@H](C(=O)N1CCC[C@H]1CN(CCc1ccccc1)C(=O)c1ccc2cc(C(=O)N(CCc3ccccc3)C[C@@H]3CCCN3C(=O)[C@@H](NC(=O)[C@H](C)NC)C(C)(C)C)ccc2c1)C(C)(C)C. The predicted octanol–water partition coefficient (Wildman–Crippen LogP) is 6.47. The molecule has 6 atom stereocenters. The second-order valence-corrected chi connectivity index (χ2v) is 22.0. The molecule has 4 N–H and O–H groups in total. The first kappa shape index (κ1) is 55.2. The van der Waals surface area contributed by atoms with Gasteiger partial charge in [0.1, 0.15) is 12.1 Å². The summed E-state index contributed by atoms with van der Waals surface area (Å²) in [6.07, 6.45) is 4.31. The molecule has 2 heterocycles. The van der Waals surface area contributed by atoms with Gasteiger partial charge < -0.3 is 40.9 Å². The molecule has 14 nitrogen and oxygen atoms in total. The summed E-state index contributed by atoms with van der Waals surface area (Å²) in [7, 11) is 3.43. The van der Waals surface area contributed by atoms with E-state index in [0.29, 0.717) is 63.2 Å². The van der Waals surface area contributed by atoms with Gasteiger partial charge >= 0.3 is 0 Å². The molecule has 388 valence electrons. The molecule has 2 saturated heterocycles. The van der Waals surface area contributed by atoms with E-state index in [1.807, 2.05) is 134 Å². The maximum Gasteiger partial charge on any atom is 0.253 e. The van der Waals surface area contributed by atoms with Crippen molar-refractivity contribution < 1.29 is 28.8 Å². The van der Waals surface area contributed by atoms with Gasteiger partial charge in [-0.25, -0.2) is 0 Å². The molecule has 0 radical (unpaired) electrons. The Morgan fingerprint density at radius 1 is 0.556 bits per heavy atom. The minimum absolute atomic E-state index is 0.143. The van der Waals surface area contributed by atoms with Gasteiger partial charge in [-0.05, 0) is 123 Å². The van der Waals surface area contributed by atoms with Crippen molar-refractivity contribution in [2.75, 3.05) is 53.4 Å². The van der Waals surface area contributed by atoms with Crippen molar-refractivity contribution in [3.05, 3.63) is 119 Å². The Bertz CT molecular complexity index is 2330. The molecule has 0 aromatic heterocycles. The van der Waals surface area contributed by atoms with E-state index in [2.05, 4.69) is 45.5 Å². The van der Waals surface area contributed by atoms with Crippen LogP contribution in [0.3, 0.4) is 0 Å². The smallest absolute Gasteiger partial charge is 0.253 e. The number of hydrogen-bond donors (Lipinski definition) is 4. The molecule has 0 saturated carbocycles. The number of carbonyl (C=O) groups is 6. The number of likely N-dealkylation sites (N-methyl/N-ethyl adjacent to an activating group) is 2. The van der Waals surface area contributed by atoms with Crippen LogP contribution < -0.4 is 21.3 Å². The summed E-state index contributed by atoms with van der Waals surface area (Å²) in [6.45, 7) is 17.9. The van der Waals surface area contributed by atoms with Gasteiger partial charge in [0.2, 0.25) is 23.6 Å². The predicted molar refractivity (Wildman–Crippen MR) is 285 cm³/mol. The number of hydrogen-bond acceptors (Lipinski definition) is 8. The summed E-state index contributed by atoms with van der Waals surface area (Å²) in [5, 5.41) is 13.6. The van der Waals surface area contributed by atoms with E-state index in [9.17, 15) is 28.8 Å². The molecule has 2 aliphatic heterocycles. The van der Waals surface area contributed by atoms with Crippen LogP contribution in [0.4, 0.5) is 0 Å². The van der Waals surface area contributed by atoms with Gasteiger partial charge in [0.25, 0.3) is 11.8 Å². The van der Waals surface area contributed by atoms with Crippen LogP contribution in [-0.4, -0.2) is 145 Å². The van der Waals surface area contributed by atoms with Crippen molar-refractivity contribution in [2.24, 2.45) is 10.8 Å². The first-order valence-corrected chi connectivity index (χ1v) is 26.0. The summed E-state index contributed by atoms with van der Waals surface area (Å²) in [5.74, 6) is -1.07. The standard InChI is InChI=1S/C58H80N8O6/c1-39(59-9)51(67)61-49(57(3,4)5)55(71)65-31-17-23-47(65)37-63(33-29-41-19-13-11-14-20-41)53(69)45-27-25-44-36-46(28-26-43(44)35-45)54(70)64(34-30-42-21-15-12-16-22-42)38-48-24-18-32-66(48)56(72)50(58(6,7)8)62-52(68)40(2)60-10/h11-16,19-22,25-28,35-36,39-40,47-50,59-60H,17-18,23-24,29-34,37-38H2,1-10H3,(H,61,67)(H,62,68)/t39-,40-,47-,48-,49+,50+/m0/s1. The van der Waals surface area contributed by atoms with E-state index < -0.39 is 35.0 Å². The molecule has 2 aliphatic rings. The zero-order chi connectivity index (χ0) is 52.3. The van der Waals surface area contributed by atoms with Crippen molar-refractivity contribution >= 4 is 46.2 Å². The van der Waals surface area contributed by atoms with Crippen molar-refractivity contribution in [3.8, 4) is 0 Å². The van der Waals surface area contributed by atoms with Gasteiger partial charge in [-0.15, -0.1) is 0 Å². The summed E-state index contributed by atoms with van der Waals surface area (Å²) in [5.41, 5.74) is 2.11. The number of nitrogens with zero attached hydrogens (tertiary/aromatic N) is 4. The lowest BCUT2D eigenvalue weighted by molar-refractivity contribution is -0.141. The number of amides is 6. The Hall–Kier alpha value is -6.12. The van der Waals surface area contributed by atoms with Gasteiger partial charge in [-0.2, -0.15) is 0 Å². The molecule has 6 rings (SSSR count). The van der Waals surface area contributed by atoms with Gasteiger partial charge in [0.15, 0.2) is 0 Å². The fourth-order valence-corrected chi connectivity index (χ4v) is 9.81. The van der Waals surface area contributed by atoms with E-state index in [4.69, 9.17) is 0 Å². The highest BCUT2D eigenvalue weighted by molar-refractivity contribution is 6.02. The summed E-state index contributed by atoms with van der Waals surface area (Å²) in [4.78, 5) is 91.9. The second kappa shape index (κ2) is 24.5. The second-order valence-electron chi connectivity index (χ2n) is 22.0. The third-order valence-electron chi connectivity index (χ3n) is 14.6. The highest BCUT2D eigenvalue weighted by Gasteiger charge is 2.42. The molecule has 2 fully saturated rings. The lowest BCUT2D eigenvalue weighted by Crippen LogP contribution is -2.59. The molecule has 4 aromatic rings. The third-order valence-corrected chi connectivity index (χ3v) is 14.6. The van der Waals surface area contributed by atoms with Crippen LogP contribution in [0.25, 0.3) is 10.8 Å². The minimum atomic E-state index is -0.746. The van der Waals surface area contributed by atoms with Crippen molar-refractivity contribution in [1.29, 1.82) is 0 Å². The topological polar surface area (TPSA) is 163 Å². The Labute approximate surface area is 428 Å². The highest BCUT2D eigenvalue weighted by atomic mass is 16.2. The van der Waals surface area contributed by atoms with E-state index in [1.54, 1.807) is 27.9 Å². The Morgan fingerprint density at radius 3 is 1.25 bits per heavy atom. The molecule has 6 amide bonds. The maximum atomic E-state index is 14.8. The average molecular weight is 985 g/mol. The van der Waals surface area contributed by atoms with Crippen LogP contribution in [0.1, 0.15) is 113 Å². The van der Waals surface area contributed by atoms with Crippen LogP contribution in [-0.2, 0) is 32.0 Å².